The topological polar surface area (TPSA) is 113 Å². The highest BCUT2D eigenvalue weighted by atomic mass is 32.2. The molecule has 3 heterocycles. The fourth-order valence-electron chi connectivity index (χ4n) is 6.00. The Bertz CT molecular complexity index is 1060. The van der Waals surface area contributed by atoms with Gasteiger partial charge in [0.1, 0.15) is 0 Å². The Balaban J connectivity index is 1.49. The van der Waals surface area contributed by atoms with Crippen molar-refractivity contribution in [3.05, 3.63) is 34.9 Å². The van der Waals surface area contributed by atoms with Crippen LogP contribution in [0.2, 0.25) is 0 Å². The summed E-state index contributed by atoms with van der Waals surface area (Å²) < 4.78 is 52.5. The van der Waals surface area contributed by atoms with Crippen molar-refractivity contribution in [2.45, 2.75) is 64.5 Å². The molecule has 3 N–H and O–H groups in total. The predicted molar refractivity (Wildman–Crippen MR) is 130 cm³/mol. The van der Waals surface area contributed by atoms with E-state index in [0.29, 0.717) is 18.4 Å². The maximum absolute atomic E-state index is 13.2. The average molecular weight is 499 g/mol. The number of benzene rings is 1. The normalized spacial score (nSPS) is 26.6. The number of hydrogen-bond acceptors (Lipinski definition) is 5. The van der Waals surface area contributed by atoms with Crippen LogP contribution in [0.3, 0.4) is 0 Å². The molecule has 3 aliphatic rings. The van der Waals surface area contributed by atoms with Gasteiger partial charge in [0.05, 0.1) is 5.75 Å². The maximum Gasteiger partial charge on any atom is 0.274 e. The zero-order valence-corrected chi connectivity index (χ0v) is 21.4. The first kappa shape index (κ1) is 25.1. The molecule has 0 aromatic heterocycles. The number of piperidine rings is 2. The van der Waals surface area contributed by atoms with Crippen molar-refractivity contribution >= 4 is 20.2 Å². The summed E-state index contributed by atoms with van der Waals surface area (Å²) in [5, 5.41) is 4.95. The Morgan fingerprint density at radius 2 is 1.97 bits per heavy atom. The van der Waals surface area contributed by atoms with Gasteiger partial charge in [0.2, 0.25) is 10.0 Å². The number of hydrogen-bond donors (Lipinski definition) is 2. The monoisotopic (exact) mass is 498 g/mol. The van der Waals surface area contributed by atoms with Gasteiger partial charge in [0, 0.05) is 38.3 Å². The quantitative estimate of drug-likeness (QED) is 0.531. The molecule has 2 saturated heterocycles. The lowest BCUT2D eigenvalue weighted by Gasteiger charge is -2.51. The van der Waals surface area contributed by atoms with E-state index < -0.39 is 20.2 Å². The molecule has 0 amide bonds. The van der Waals surface area contributed by atoms with Crippen LogP contribution in [-0.4, -0.2) is 64.0 Å². The smallest absolute Gasteiger partial charge is 0.274 e. The fraction of sp³-hybridized carbons (Fsp3) is 0.739. The largest absolute Gasteiger partial charge is 0.296 e. The van der Waals surface area contributed by atoms with E-state index in [2.05, 4.69) is 41.7 Å². The van der Waals surface area contributed by atoms with Crippen molar-refractivity contribution in [2.75, 3.05) is 31.9 Å². The first-order valence-corrected chi connectivity index (χ1v) is 15.3. The third-order valence-corrected chi connectivity index (χ3v) is 9.94. The first-order valence-electron chi connectivity index (χ1n) is 12.2. The molecule has 3 atom stereocenters. The second-order valence-corrected chi connectivity index (χ2v) is 13.7. The molecule has 4 rings (SSSR count). The SMILES string of the molecule is CC(C)Cc1ccc2c(c1)CCN1C[C@@H]3CCCN(S(=O)(=O)CCCNS(N)(=O)=O)[C@@H]3C[C@@H]21. The van der Waals surface area contributed by atoms with Gasteiger partial charge in [0.15, 0.2) is 0 Å². The highest BCUT2D eigenvalue weighted by molar-refractivity contribution is 7.89. The molecule has 3 aliphatic heterocycles. The second-order valence-electron chi connectivity index (χ2n) is 10.3. The van der Waals surface area contributed by atoms with E-state index in [0.717, 1.165) is 45.2 Å². The highest BCUT2D eigenvalue weighted by Crippen LogP contribution is 2.43. The van der Waals surface area contributed by atoms with Gasteiger partial charge < -0.3 is 0 Å². The van der Waals surface area contributed by atoms with Crippen LogP contribution in [0.1, 0.15) is 62.3 Å². The summed E-state index contributed by atoms with van der Waals surface area (Å²) in [6.07, 6.45) is 5.13. The Morgan fingerprint density at radius 1 is 1.18 bits per heavy atom. The van der Waals surface area contributed by atoms with Crippen LogP contribution >= 0.6 is 0 Å². The van der Waals surface area contributed by atoms with Crippen LogP contribution in [0.5, 0.6) is 0 Å². The number of sulfonamides is 1. The summed E-state index contributed by atoms with van der Waals surface area (Å²) in [6, 6.07) is 7.18. The zero-order chi connectivity index (χ0) is 23.8. The Morgan fingerprint density at radius 3 is 2.70 bits per heavy atom. The van der Waals surface area contributed by atoms with Gasteiger partial charge in [-0.25, -0.2) is 18.3 Å². The van der Waals surface area contributed by atoms with Crippen molar-refractivity contribution < 1.29 is 16.8 Å². The highest BCUT2D eigenvalue weighted by Gasteiger charge is 2.45. The minimum atomic E-state index is -3.80. The molecule has 10 heteroatoms. The standard InChI is InChI=1S/C23H38N4O4S2/c1-17(2)13-18-6-7-21-19(14-18)8-11-26-16-20-5-3-10-27(22(20)15-23(21)26)32(28,29)12-4-9-25-33(24,30)31/h6-7,14,17,20,22-23,25H,3-5,8-13,15-16H2,1-2H3,(H2,24,30,31)/t20-,22+,23-/m0/s1. The molecule has 0 unspecified atom stereocenters. The number of nitrogens with one attached hydrogen (secondary N) is 1. The molecular formula is C23H38N4O4S2. The molecule has 0 saturated carbocycles. The van der Waals surface area contributed by atoms with Crippen molar-refractivity contribution in [1.29, 1.82) is 0 Å². The number of rotatable bonds is 8. The maximum atomic E-state index is 13.2. The molecule has 8 nitrogen and oxygen atoms in total. The Kier molecular flexibility index (Phi) is 7.53. The molecule has 2 fully saturated rings. The van der Waals surface area contributed by atoms with Crippen LogP contribution in [0.15, 0.2) is 18.2 Å². The summed E-state index contributed by atoms with van der Waals surface area (Å²) >= 11 is 0. The molecule has 1 aromatic carbocycles. The summed E-state index contributed by atoms with van der Waals surface area (Å²) in [5.74, 6) is 0.913. The summed E-state index contributed by atoms with van der Waals surface area (Å²) in [7, 11) is -7.27. The molecule has 0 bridgehead atoms. The van der Waals surface area contributed by atoms with E-state index in [-0.39, 0.29) is 30.8 Å². The molecule has 0 radical (unpaired) electrons. The fourth-order valence-corrected chi connectivity index (χ4v) is 8.25. The van der Waals surface area contributed by atoms with Crippen molar-refractivity contribution in [3.63, 3.8) is 0 Å². The minimum absolute atomic E-state index is 0.0116. The molecular weight excluding hydrogens is 460 g/mol. The Hall–Kier alpha value is -1.04. The van der Waals surface area contributed by atoms with Gasteiger partial charge in [-0.1, -0.05) is 32.0 Å². The van der Waals surface area contributed by atoms with Crippen LogP contribution in [0.4, 0.5) is 0 Å². The average Bonchev–Trinajstić information content (AvgIpc) is 2.73. The lowest BCUT2D eigenvalue weighted by atomic mass is 9.77. The molecule has 33 heavy (non-hydrogen) atoms. The van der Waals surface area contributed by atoms with E-state index in [1.165, 1.54) is 16.7 Å². The molecule has 1 aromatic rings. The van der Waals surface area contributed by atoms with Gasteiger partial charge in [0.25, 0.3) is 10.2 Å². The second kappa shape index (κ2) is 9.91. The third-order valence-electron chi connectivity index (χ3n) is 7.36. The van der Waals surface area contributed by atoms with E-state index >= 15 is 0 Å². The molecule has 186 valence electrons. The van der Waals surface area contributed by atoms with E-state index in [4.69, 9.17) is 5.14 Å². The van der Waals surface area contributed by atoms with Crippen molar-refractivity contribution in [3.8, 4) is 0 Å². The number of fused-ring (bicyclic) bond motifs is 4. The zero-order valence-electron chi connectivity index (χ0n) is 19.7. The summed E-state index contributed by atoms with van der Waals surface area (Å²) in [5.41, 5.74) is 4.18. The lowest BCUT2D eigenvalue weighted by molar-refractivity contribution is 0.0220. The van der Waals surface area contributed by atoms with Crippen LogP contribution in [0.25, 0.3) is 0 Å². The molecule has 0 aliphatic carbocycles. The third kappa shape index (κ3) is 5.97. The van der Waals surface area contributed by atoms with Crippen LogP contribution in [0, 0.1) is 11.8 Å². The summed E-state index contributed by atoms with van der Waals surface area (Å²) in [6.45, 7) is 7.05. The predicted octanol–water partition coefficient (Wildman–Crippen LogP) is 1.78. The van der Waals surface area contributed by atoms with Crippen molar-refractivity contribution in [1.82, 2.24) is 13.9 Å². The summed E-state index contributed by atoms with van der Waals surface area (Å²) in [4.78, 5) is 2.57. The van der Waals surface area contributed by atoms with E-state index in [9.17, 15) is 16.8 Å². The Labute approximate surface area is 199 Å². The number of nitrogens with zero attached hydrogens (tertiary/aromatic N) is 2. The lowest BCUT2D eigenvalue weighted by Crippen LogP contribution is -2.57. The van der Waals surface area contributed by atoms with Gasteiger partial charge >= 0.3 is 0 Å². The molecule has 0 spiro atoms. The minimum Gasteiger partial charge on any atom is -0.296 e. The first-order chi connectivity index (χ1) is 15.5. The number of nitrogens with two attached hydrogens (primary N) is 1. The van der Waals surface area contributed by atoms with Crippen LogP contribution in [-0.2, 0) is 33.1 Å². The van der Waals surface area contributed by atoms with Crippen LogP contribution < -0.4 is 9.86 Å². The van der Waals surface area contributed by atoms with E-state index in [1.807, 2.05) is 0 Å². The van der Waals surface area contributed by atoms with E-state index in [1.54, 1.807) is 4.31 Å². The van der Waals surface area contributed by atoms with Crippen molar-refractivity contribution in [2.24, 2.45) is 17.0 Å². The van der Waals surface area contributed by atoms with Gasteiger partial charge in [-0.15, -0.1) is 0 Å². The van der Waals surface area contributed by atoms with Gasteiger partial charge in [-0.3, -0.25) is 4.90 Å². The van der Waals surface area contributed by atoms with Gasteiger partial charge in [-0.2, -0.15) is 12.7 Å². The van der Waals surface area contributed by atoms with Gasteiger partial charge in [-0.05, 0) is 67.1 Å².